The molecule has 2 aromatic heterocycles. The van der Waals surface area contributed by atoms with E-state index in [9.17, 15) is 4.79 Å². The molecule has 1 atom stereocenters. The lowest BCUT2D eigenvalue weighted by Crippen LogP contribution is -2.51. The fraction of sp³-hybridized carbons (Fsp3) is 0.435. The number of hydrogen-bond acceptors (Lipinski definition) is 5. The number of fused-ring (bicyclic) bond motifs is 1. The number of imidazole rings is 1. The van der Waals surface area contributed by atoms with Crippen molar-refractivity contribution in [2.75, 3.05) is 25.5 Å². The van der Waals surface area contributed by atoms with Gasteiger partial charge in [-0.1, -0.05) is 12.1 Å². The Hall–Kier alpha value is -3.29. The fourth-order valence-electron chi connectivity index (χ4n) is 3.94. The molecule has 2 N–H and O–H groups in total. The van der Waals surface area contributed by atoms with Gasteiger partial charge in [-0.15, -0.1) is 5.10 Å². The predicted molar refractivity (Wildman–Crippen MR) is 121 cm³/mol. The van der Waals surface area contributed by atoms with E-state index in [0.717, 1.165) is 47.9 Å². The second kappa shape index (κ2) is 8.45. The summed E-state index contributed by atoms with van der Waals surface area (Å²) in [7, 11) is 1.66. The smallest absolute Gasteiger partial charge is 0.318 e. The highest BCUT2D eigenvalue weighted by Crippen LogP contribution is 2.30. The molecule has 1 aromatic carbocycles. The van der Waals surface area contributed by atoms with Gasteiger partial charge < -0.3 is 20.3 Å². The number of carbonyl (C=O) groups excluding carboxylic acids is 1. The van der Waals surface area contributed by atoms with Gasteiger partial charge in [-0.05, 0) is 57.9 Å². The zero-order valence-electron chi connectivity index (χ0n) is 18.6. The van der Waals surface area contributed by atoms with Crippen molar-refractivity contribution in [1.82, 2.24) is 24.8 Å². The maximum atomic E-state index is 12.6. The molecule has 31 heavy (non-hydrogen) atoms. The number of rotatable bonds is 5. The molecule has 0 aliphatic carbocycles. The summed E-state index contributed by atoms with van der Waals surface area (Å²) in [5, 5.41) is 11.2. The van der Waals surface area contributed by atoms with Crippen molar-refractivity contribution in [1.29, 1.82) is 0 Å². The minimum absolute atomic E-state index is 0.00622. The van der Waals surface area contributed by atoms with Crippen LogP contribution in [0, 0.1) is 0 Å². The standard InChI is InChI=1S/C23H30N6O2/c1-23(2,3)26-22(30)28-13-7-8-16(28)14-24-20-11-12-21-25-15-18(29(21)27-20)17-9-5-6-10-19(17)31-4/h5-6,9-12,15-16H,7-8,13-14H2,1-4H3,(H,24,27)(H,26,30)/t16-/m0/s1. The Bertz CT molecular complexity index is 1070. The normalized spacial score (nSPS) is 16.5. The molecule has 1 aliphatic heterocycles. The molecule has 164 valence electrons. The molecule has 3 heterocycles. The number of nitrogens with one attached hydrogen (secondary N) is 2. The first-order valence-corrected chi connectivity index (χ1v) is 10.7. The lowest BCUT2D eigenvalue weighted by molar-refractivity contribution is 0.185. The summed E-state index contributed by atoms with van der Waals surface area (Å²) in [6.45, 7) is 7.42. The first-order chi connectivity index (χ1) is 14.9. The summed E-state index contributed by atoms with van der Waals surface area (Å²) in [6.07, 6.45) is 3.79. The van der Waals surface area contributed by atoms with E-state index >= 15 is 0 Å². The van der Waals surface area contributed by atoms with Gasteiger partial charge in [0.15, 0.2) is 5.65 Å². The number of urea groups is 1. The minimum Gasteiger partial charge on any atom is -0.496 e. The topological polar surface area (TPSA) is 83.8 Å². The van der Waals surface area contributed by atoms with Crippen molar-refractivity contribution in [2.24, 2.45) is 0 Å². The van der Waals surface area contributed by atoms with E-state index in [-0.39, 0.29) is 17.6 Å². The van der Waals surface area contributed by atoms with Crippen molar-refractivity contribution in [3.05, 3.63) is 42.6 Å². The third-order valence-corrected chi connectivity index (χ3v) is 5.38. The third kappa shape index (κ3) is 4.57. The van der Waals surface area contributed by atoms with Gasteiger partial charge in [0.2, 0.25) is 0 Å². The molecule has 2 amide bonds. The highest BCUT2D eigenvalue weighted by molar-refractivity contribution is 5.75. The second-order valence-electron chi connectivity index (χ2n) is 8.88. The highest BCUT2D eigenvalue weighted by Gasteiger charge is 2.30. The summed E-state index contributed by atoms with van der Waals surface area (Å²) in [5.74, 6) is 1.51. The molecule has 1 fully saturated rings. The van der Waals surface area contributed by atoms with Crippen molar-refractivity contribution in [3.63, 3.8) is 0 Å². The number of anilines is 1. The number of benzene rings is 1. The van der Waals surface area contributed by atoms with Gasteiger partial charge >= 0.3 is 6.03 Å². The van der Waals surface area contributed by atoms with E-state index in [2.05, 4.69) is 15.6 Å². The Balaban J connectivity index is 1.51. The number of carbonyl (C=O) groups is 1. The summed E-state index contributed by atoms with van der Waals surface area (Å²) in [5.41, 5.74) is 2.31. The van der Waals surface area contributed by atoms with E-state index in [0.29, 0.717) is 6.54 Å². The predicted octanol–water partition coefficient (Wildman–Crippen LogP) is 3.79. The molecule has 4 rings (SSSR count). The zero-order valence-corrected chi connectivity index (χ0v) is 18.6. The molecule has 1 aliphatic rings. The minimum atomic E-state index is -0.249. The number of hydrogen-bond donors (Lipinski definition) is 2. The van der Waals surface area contributed by atoms with Crippen LogP contribution in [0.2, 0.25) is 0 Å². The number of likely N-dealkylation sites (tertiary alicyclic amines) is 1. The monoisotopic (exact) mass is 422 g/mol. The van der Waals surface area contributed by atoms with E-state index in [1.54, 1.807) is 13.3 Å². The third-order valence-electron chi connectivity index (χ3n) is 5.38. The van der Waals surface area contributed by atoms with Crippen LogP contribution in [0.15, 0.2) is 42.6 Å². The Morgan fingerprint density at radius 3 is 2.81 bits per heavy atom. The summed E-state index contributed by atoms with van der Waals surface area (Å²) >= 11 is 0. The van der Waals surface area contributed by atoms with Crippen LogP contribution >= 0.6 is 0 Å². The molecule has 0 bridgehead atoms. The second-order valence-corrected chi connectivity index (χ2v) is 8.88. The highest BCUT2D eigenvalue weighted by atomic mass is 16.5. The average molecular weight is 423 g/mol. The maximum absolute atomic E-state index is 12.6. The largest absolute Gasteiger partial charge is 0.496 e. The lowest BCUT2D eigenvalue weighted by Gasteiger charge is -2.29. The molecule has 1 saturated heterocycles. The van der Waals surface area contributed by atoms with Crippen LogP contribution in [0.4, 0.5) is 10.6 Å². The van der Waals surface area contributed by atoms with E-state index in [1.807, 2.05) is 66.6 Å². The zero-order chi connectivity index (χ0) is 22.0. The van der Waals surface area contributed by atoms with Gasteiger partial charge in [0.05, 0.1) is 25.0 Å². The Morgan fingerprint density at radius 1 is 1.23 bits per heavy atom. The van der Waals surface area contributed by atoms with Crippen LogP contribution in [-0.4, -0.2) is 57.3 Å². The van der Waals surface area contributed by atoms with Crippen LogP contribution in [0.5, 0.6) is 5.75 Å². The number of amides is 2. The van der Waals surface area contributed by atoms with Crippen molar-refractivity contribution in [3.8, 4) is 17.0 Å². The van der Waals surface area contributed by atoms with Gasteiger partial charge in [-0.2, -0.15) is 0 Å². The molecule has 0 radical (unpaired) electrons. The van der Waals surface area contributed by atoms with E-state index < -0.39 is 0 Å². The molecule has 0 spiro atoms. The molecular formula is C23H30N6O2. The Morgan fingerprint density at radius 2 is 2.03 bits per heavy atom. The van der Waals surface area contributed by atoms with Crippen LogP contribution in [0.25, 0.3) is 16.9 Å². The SMILES string of the molecule is COc1ccccc1-c1cnc2ccc(NC[C@@H]3CCCN3C(=O)NC(C)(C)C)nn12. The molecule has 8 heteroatoms. The number of methoxy groups -OCH3 is 1. The molecule has 0 unspecified atom stereocenters. The maximum Gasteiger partial charge on any atom is 0.318 e. The number of para-hydroxylation sites is 1. The fourth-order valence-corrected chi connectivity index (χ4v) is 3.94. The molecular weight excluding hydrogens is 392 g/mol. The first kappa shape index (κ1) is 21.0. The van der Waals surface area contributed by atoms with Gasteiger partial charge in [0.1, 0.15) is 11.6 Å². The Kier molecular flexibility index (Phi) is 5.71. The number of aromatic nitrogens is 3. The average Bonchev–Trinajstić information content (AvgIpc) is 3.37. The molecule has 0 saturated carbocycles. The summed E-state index contributed by atoms with van der Waals surface area (Å²) in [6, 6.07) is 11.8. The van der Waals surface area contributed by atoms with E-state index in [1.165, 1.54) is 0 Å². The van der Waals surface area contributed by atoms with E-state index in [4.69, 9.17) is 9.84 Å². The first-order valence-electron chi connectivity index (χ1n) is 10.7. The van der Waals surface area contributed by atoms with Gasteiger partial charge in [0.25, 0.3) is 0 Å². The summed E-state index contributed by atoms with van der Waals surface area (Å²) < 4.78 is 7.32. The number of nitrogens with zero attached hydrogens (tertiary/aromatic N) is 4. The van der Waals surface area contributed by atoms with Crippen LogP contribution in [0.3, 0.4) is 0 Å². The van der Waals surface area contributed by atoms with Gasteiger partial charge in [-0.25, -0.2) is 14.3 Å². The quantitative estimate of drug-likeness (QED) is 0.654. The van der Waals surface area contributed by atoms with Gasteiger partial charge in [-0.3, -0.25) is 0 Å². The van der Waals surface area contributed by atoms with Crippen LogP contribution in [-0.2, 0) is 0 Å². The van der Waals surface area contributed by atoms with Crippen LogP contribution in [0.1, 0.15) is 33.6 Å². The Labute approximate surface area is 182 Å². The van der Waals surface area contributed by atoms with Crippen molar-refractivity contribution < 1.29 is 9.53 Å². The number of ether oxygens (including phenoxy) is 1. The van der Waals surface area contributed by atoms with Crippen molar-refractivity contribution in [2.45, 2.75) is 45.2 Å². The lowest BCUT2D eigenvalue weighted by atomic mass is 10.1. The summed E-state index contributed by atoms with van der Waals surface area (Å²) in [4.78, 5) is 19.0. The van der Waals surface area contributed by atoms with Gasteiger partial charge in [0, 0.05) is 24.2 Å². The van der Waals surface area contributed by atoms with Crippen molar-refractivity contribution >= 4 is 17.5 Å². The van der Waals surface area contributed by atoms with Crippen LogP contribution < -0.4 is 15.4 Å². The molecule has 8 nitrogen and oxygen atoms in total. The molecule has 3 aromatic rings.